The molecule has 1 amide bonds. The van der Waals surface area contributed by atoms with Crippen molar-refractivity contribution in [2.24, 2.45) is 5.92 Å². The van der Waals surface area contributed by atoms with E-state index >= 15 is 8.78 Å². The molecule has 1 fully saturated rings. The van der Waals surface area contributed by atoms with Gasteiger partial charge in [-0.3, -0.25) is 14.2 Å². The van der Waals surface area contributed by atoms with Gasteiger partial charge in [0.1, 0.15) is 35.2 Å². The summed E-state index contributed by atoms with van der Waals surface area (Å²) in [6.45, 7) is 4.14. The first-order chi connectivity index (χ1) is 24.9. The van der Waals surface area contributed by atoms with Crippen molar-refractivity contribution in [1.29, 1.82) is 0 Å². The van der Waals surface area contributed by atoms with Crippen molar-refractivity contribution in [1.82, 2.24) is 29.9 Å². The standard InChI is InChI=1S/C37H32F7N7O2/c1-4-50-31-23(6-5-7-24(31)34(45)49-50)22-9-8-21(10-11-35(2,3)53)46-30(22)27(14-18-12-19(38)15-20(39)13-18)47-28(52)17-51-33-29(32(48-51)37(42,43)44)25-16-26(25)36(33,40)41/h5-9,12-13,15,25-27,53H,4,14,16-17H2,1-3H3,(H2,45,49)(H,47,52)/t25-,26+,27-/m0/s1. The van der Waals surface area contributed by atoms with Crippen molar-refractivity contribution in [2.75, 3.05) is 5.73 Å². The first-order valence-corrected chi connectivity index (χ1v) is 16.7. The lowest BCUT2D eigenvalue weighted by molar-refractivity contribution is -0.142. The normalized spacial score (nSPS) is 17.9. The molecule has 0 bridgehead atoms. The number of para-hydroxylation sites is 1. The molecule has 16 heteroatoms. The predicted octanol–water partition coefficient (Wildman–Crippen LogP) is 6.63. The van der Waals surface area contributed by atoms with Crippen LogP contribution < -0.4 is 11.1 Å². The third-order valence-electron chi connectivity index (χ3n) is 9.33. The highest BCUT2D eigenvalue weighted by Gasteiger charge is 2.68. The number of amides is 1. The lowest BCUT2D eigenvalue weighted by Gasteiger charge is -2.23. The van der Waals surface area contributed by atoms with E-state index in [0.717, 1.165) is 12.1 Å². The fourth-order valence-corrected chi connectivity index (χ4v) is 7.11. The van der Waals surface area contributed by atoms with Crippen molar-refractivity contribution in [2.45, 2.75) is 76.4 Å². The van der Waals surface area contributed by atoms with Gasteiger partial charge >= 0.3 is 6.18 Å². The zero-order valence-electron chi connectivity index (χ0n) is 28.5. The van der Waals surface area contributed by atoms with Crippen LogP contribution in [0.4, 0.5) is 36.6 Å². The Kier molecular flexibility index (Phi) is 8.55. The number of hydrogen-bond acceptors (Lipinski definition) is 6. The topological polar surface area (TPSA) is 124 Å². The van der Waals surface area contributed by atoms with E-state index in [1.165, 1.54) is 13.8 Å². The highest BCUT2D eigenvalue weighted by atomic mass is 19.4. The third-order valence-corrected chi connectivity index (χ3v) is 9.33. The number of carbonyl (C=O) groups is 1. The fourth-order valence-electron chi connectivity index (χ4n) is 7.11. The van der Waals surface area contributed by atoms with Gasteiger partial charge < -0.3 is 16.2 Å². The molecule has 3 aromatic heterocycles. The van der Waals surface area contributed by atoms with E-state index in [1.54, 1.807) is 35.0 Å². The van der Waals surface area contributed by atoms with Gasteiger partial charge in [-0.2, -0.15) is 32.1 Å². The Balaban J connectivity index is 1.37. The number of nitrogens with zero attached hydrogens (tertiary/aromatic N) is 5. The molecule has 3 heterocycles. The third kappa shape index (κ3) is 6.69. The van der Waals surface area contributed by atoms with Crippen LogP contribution in [0.1, 0.15) is 73.1 Å². The Morgan fingerprint density at radius 3 is 2.45 bits per heavy atom. The molecule has 0 radical (unpaired) electrons. The van der Waals surface area contributed by atoms with Crippen molar-refractivity contribution < 1.29 is 40.6 Å². The van der Waals surface area contributed by atoms with Gasteiger partial charge in [0.15, 0.2) is 11.5 Å². The lowest BCUT2D eigenvalue weighted by Crippen LogP contribution is -2.35. The lowest BCUT2D eigenvalue weighted by atomic mass is 9.93. The number of pyridine rings is 1. The number of nitrogens with one attached hydrogen (secondary N) is 1. The highest BCUT2D eigenvalue weighted by Crippen LogP contribution is 2.68. The molecule has 3 atom stereocenters. The van der Waals surface area contributed by atoms with Crippen molar-refractivity contribution >= 4 is 22.6 Å². The molecule has 276 valence electrons. The number of fused-ring (bicyclic) bond motifs is 4. The van der Waals surface area contributed by atoms with Gasteiger partial charge in [0.25, 0.3) is 5.92 Å². The van der Waals surface area contributed by atoms with Crippen LogP contribution >= 0.6 is 0 Å². The number of nitrogen functional groups attached to an aromatic ring is 1. The molecule has 2 aliphatic carbocycles. The van der Waals surface area contributed by atoms with E-state index in [-0.39, 0.29) is 35.6 Å². The van der Waals surface area contributed by atoms with Crippen LogP contribution in [0.2, 0.25) is 0 Å². The molecular formula is C37H32F7N7O2. The maximum atomic E-state index is 15.3. The van der Waals surface area contributed by atoms with E-state index < -0.39 is 76.6 Å². The molecule has 0 saturated heterocycles. The van der Waals surface area contributed by atoms with Crippen molar-refractivity contribution in [3.8, 4) is 23.0 Å². The molecule has 0 aliphatic heterocycles. The Bertz CT molecular complexity index is 2330. The first kappa shape index (κ1) is 36.0. The van der Waals surface area contributed by atoms with Gasteiger partial charge in [-0.25, -0.2) is 13.8 Å². The van der Waals surface area contributed by atoms with Crippen molar-refractivity contribution in [3.05, 3.63) is 94.1 Å². The molecule has 1 saturated carbocycles. The summed E-state index contributed by atoms with van der Waals surface area (Å²) in [4.78, 5) is 18.5. The van der Waals surface area contributed by atoms with E-state index in [9.17, 15) is 31.9 Å². The Morgan fingerprint density at radius 1 is 1.08 bits per heavy atom. The van der Waals surface area contributed by atoms with Crippen LogP contribution in [-0.2, 0) is 36.4 Å². The molecular weight excluding hydrogens is 707 g/mol. The van der Waals surface area contributed by atoms with Crippen LogP contribution in [-0.4, -0.2) is 41.2 Å². The number of halogens is 7. The molecule has 0 spiro atoms. The summed E-state index contributed by atoms with van der Waals surface area (Å²) in [7, 11) is 0. The fraction of sp³-hybridized carbons (Fsp3) is 0.351. The second kappa shape index (κ2) is 12.6. The summed E-state index contributed by atoms with van der Waals surface area (Å²) in [6, 6.07) is 9.90. The maximum absolute atomic E-state index is 15.3. The zero-order chi connectivity index (χ0) is 38.2. The van der Waals surface area contributed by atoms with Gasteiger partial charge in [0.05, 0.1) is 17.3 Å². The van der Waals surface area contributed by atoms with Gasteiger partial charge in [-0.1, -0.05) is 18.1 Å². The van der Waals surface area contributed by atoms with Crippen molar-refractivity contribution in [3.63, 3.8) is 0 Å². The monoisotopic (exact) mass is 739 g/mol. The molecule has 2 aromatic carbocycles. The molecule has 4 N–H and O–H groups in total. The van der Waals surface area contributed by atoms with Crippen LogP contribution in [0, 0.1) is 29.4 Å². The number of carbonyl (C=O) groups excluding carboxylic acids is 1. The Labute approximate surface area is 298 Å². The zero-order valence-corrected chi connectivity index (χ0v) is 28.5. The summed E-state index contributed by atoms with van der Waals surface area (Å²) < 4.78 is 104. The summed E-state index contributed by atoms with van der Waals surface area (Å²) in [5.41, 5.74) is 3.62. The average molecular weight is 740 g/mol. The predicted molar refractivity (Wildman–Crippen MR) is 179 cm³/mol. The minimum atomic E-state index is -5.04. The second-order valence-corrected chi connectivity index (χ2v) is 13.8. The Hall–Kier alpha value is -5.43. The summed E-state index contributed by atoms with van der Waals surface area (Å²) >= 11 is 0. The molecule has 5 aromatic rings. The Morgan fingerprint density at radius 2 is 1.79 bits per heavy atom. The van der Waals surface area contributed by atoms with Gasteiger partial charge in [0.2, 0.25) is 5.91 Å². The van der Waals surface area contributed by atoms with Crippen LogP contribution in [0.3, 0.4) is 0 Å². The summed E-state index contributed by atoms with van der Waals surface area (Å²) in [5.74, 6) is -3.15. The summed E-state index contributed by atoms with van der Waals surface area (Å²) in [6.07, 6.45) is -5.47. The van der Waals surface area contributed by atoms with Gasteiger partial charge in [-0.05, 0) is 81.3 Å². The van der Waals surface area contributed by atoms with Gasteiger partial charge in [0, 0.05) is 40.6 Å². The largest absolute Gasteiger partial charge is 0.435 e. The minimum absolute atomic E-state index is 0.0699. The number of benzene rings is 2. The van der Waals surface area contributed by atoms with E-state index in [2.05, 4.69) is 27.4 Å². The average Bonchev–Trinajstić information content (AvgIpc) is 3.60. The number of aliphatic hydroxyl groups is 1. The first-order valence-electron chi connectivity index (χ1n) is 16.7. The molecule has 53 heavy (non-hydrogen) atoms. The molecule has 9 nitrogen and oxygen atoms in total. The molecule has 0 unspecified atom stereocenters. The van der Waals surface area contributed by atoms with Crippen LogP contribution in [0.5, 0.6) is 0 Å². The minimum Gasteiger partial charge on any atom is -0.382 e. The highest BCUT2D eigenvalue weighted by molar-refractivity contribution is 6.00. The number of aryl methyl sites for hydroxylation is 1. The molecule has 7 rings (SSSR count). The number of aromatic nitrogens is 5. The quantitative estimate of drug-likeness (QED) is 0.121. The number of hydrogen-bond donors (Lipinski definition) is 3. The van der Waals surface area contributed by atoms with E-state index in [0.29, 0.717) is 39.3 Å². The van der Waals surface area contributed by atoms with E-state index in [1.807, 2.05) is 6.92 Å². The smallest absolute Gasteiger partial charge is 0.382 e. The number of nitrogens with two attached hydrogens (primary N) is 1. The molecule has 2 aliphatic rings. The van der Waals surface area contributed by atoms with E-state index in [4.69, 9.17) is 10.7 Å². The maximum Gasteiger partial charge on any atom is 0.435 e. The van der Waals surface area contributed by atoms with Crippen LogP contribution in [0.15, 0.2) is 48.5 Å². The number of rotatable bonds is 8. The SMILES string of the molecule is CCn1nc(N)c2cccc(-c3ccc(C#CC(C)(C)O)nc3[C@H](Cc3cc(F)cc(F)c3)NC(=O)Cn3nc(C(F)(F)F)c4c3C(F)(F)[C@@H]3C[C@H]43)c21. The number of alkyl halides is 5. The summed E-state index contributed by atoms with van der Waals surface area (Å²) in [5, 5.41) is 21.4. The number of anilines is 1. The van der Waals surface area contributed by atoms with Crippen LogP contribution in [0.25, 0.3) is 22.0 Å². The second-order valence-electron chi connectivity index (χ2n) is 13.8. The van der Waals surface area contributed by atoms with Gasteiger partial charge in [-0.15, -0.1) is 0 Å².